The van der Waals surface area contributed by atoms with E-state index < -0.39 is 0 Å². The first-order chi connectivity index (χ1) is 8.15. The van der Waals surface area contributed by atoms with Crippen LogP contribution in [0.2, 0.25) is 0 Å². The van der Waals surface area contributed by atoms with Crippen LogP contribution in [-0.4, -0.2) is 22.1 Å². The minimum absolute atomic E-state index is 0.0734. The van der Waals surface area contributed by atoms with Gasteiger partial charge in [0.15, 0.2) is 5.69 Å². The second-order valence-electron chi connectivity index (χ2n) is 6.44. The van der Waals surface area contributed by atoms with Crippen LogP contribution in [0.15, 0.2) is 12.5 Å². The van der Waals surface area contributed by atoms with Crippen molar-refractivity contribution in [2.24, 2.45) is 5.41 Å². The molecule has 0 aliphatic heterocycles. The molecule has 18 heavy (non-hydrogen) atoms. The fourth-order valence-electron chi connectivity index (χ4n) is 2.35. The summed E-state index contributed by atoms with van der Waals surface area (Å²) in [5.74, 6) is -0.359. The zero-order chi connectivity index (χ0) is 14.0. The van der Waals surface area contributed by atoms with Crippen molar-refractivity contribution >= 4 is 5.97 Å². The predicted octanol–water partition coefficient (Wildman–Crippen LogP) is 3.23. The van der Waals surface area contributed by atoms with Crippen molar-refractivity contribution in [1.29, 1.82) is 0 Å². The number of aromatic nitrogens is 2. The second-order valence-corrected chi connectivity index (χ2v) is 6.44. The van der Waals surface area contributed by atoms with Gasteiger partial charge in [0, 0.05) is 11.7 Å². The summed E-state index contributed by atoms with van der Waals surface area (Å²) in [6.45, 7) is 13.1. The molecule has 1 rings (SSSR count). The number of carbonyl (C=O) groups is 1. The van der Waals surface area contributed by atoms with Gasteiger partial charge in [-0.1, -0.05) is 20.8 Å². The number of nitrogens with zero attached hydrogens (tertiary/aromatic N) is 2. The third-order valence-corrected chi connectivity index (χ3v) is 2.73. The van der Waals surface area contributed by atoms with Crippen molar-refractivity contribution < 1.29 is 9.53 Å². The Hall–Kier alpha value is -1.32. The molecule has 0 aliphatic carbocycles. The molecule has 0 saturated carbocycles. The van der Waals surface area contributed by atoms with E-state index in [1.54, 1.807) is 19.4 Å². The van der Waals surface area contributed by atoms with Gasteiger partial charge in [-0.05, 0) is 32.6 Å². The standard InChI is InChI=1S/C14H24N2O2/c1-7-18-12(17)11-8-16(10-15-11)14(5,6)9-13(2,3)4/h8,10H,7,9H2,1-6H3. The van der Waals surface area contributed by atoms with Gasteiger partial charge in [0.2, 0.25) is 0 Å². The summed E-state index contributed by atoms with van der Waals surface area (Å²) >= 11 is 0. The highest BCUT2D eigenvalue weighted by Crippen LogP contribution is 2.32. The third-order valence-electron chi connectivity index (χ3n) is 2.73. The van der Waals surface area contributed by atoms with Crippen molar-refractivity contribution in [2.45, 2.75) is 53.5 Å². The molecule has 0 aromatic carbocycles. The topological polar surface area (TPSA) is 44.1 Å². The van der Waals surface area contributed by atoms with Gasteiger partial charge in [0.1, 0.15) is 0 Å². The van der Waals surface area contributed by atoms with Crippen LogP contribution in [0.3, 0.4) is 0 Å². The Labute approximate surface area is 109 Å². The van der Waals surface area contributed by atoms with E-state index in [9.17, 15) is 4.79 Å². The molecule has 0 fully saturated rings. The minimum atomic E-state index is -0.359. The van der Waals surface area contributed by atoms with Crippen molar-refractivity contribution in [2.75, 3.05) is 6.61 Å². The zero-order valence-electron chi connectivity index (χ0n) is 12.3. The largest absolute Gasteiger partial charge is 0.461 e. The number of esters is 1. The number of hydrogen-bond donors (Lipinski definition) is 0. The minimum Gasteiger partial charge on any atom is -0.461 e. The van der Waals surface area contributed by atoms with Crippen molar-refractivity contribution in [3.05, 3.63) is 18.2 Å². The Bertz CT molecular complexity index is 414. The number of carbonyl (C=O) groups excluding carboxylic acids is 1. The van der Waals surface area contributed by atoms with Crippen LogP contribution in [0.25, 0.3) is 0 Å². The van der Waals surface area contributed by atoms with Crippen LogP contribution in [-0.2, 0) is 10.3 Å². The third kappa shape index (κ3) is 3.86. The first kappa shape index (κ1) is 14.7. The molecule has 0 atom stereocenters. The van der Waals surface area contributed by atoms with Gasteiger partial charge in [-0.2, -0.15) is 0 Å². The highest BCUT2D eigenvalue weighted by molar-refractivity contribution is 5.86. The van der Waals surface area contributed by atoms with Gasteiger partial charge < -0.3 is 9.30 Å². The lowest BCUT2D eigenvalue weighted by molar-refractivity contribution is 0.0520. The summed E-state index contributed by atoms with van der Waals surface area (Å²) in [6, 6.07) is 0. The van der Waals surface area contributed by atoms with Crippen molar-refractivity contribution in [3.63, 3.8) is 0 Å². The normalized spacial score (nSPS) is 12.6. The van der Waals surface area contributed by atoms with Crippen molar-refractivity contribution in [1.82, 2.24) is 9.55 Å². The van der Waals surface area contributed by atoms with Gasteiger partial charge in [0.05, 0.1) is 12.9 Å². The molecule has 1 aromatic rings. The first-order valence-corrected chi connectivity index (χ1v) is 6.37. The SMILES string of the molecule is CCOC(=O)c1cn(C(C)(C)CC(C)(C)C)cn1. The van der Waals surface area contributed by atoms with Crippen LogP contribution >= 0.6 is 0 Å². The summed E-state index contributed by atoms with van der Waals surface area (Å²) in [5, 5.41) is 0. The fourth-order valence-corrected chi connectivity index (χ4v) is 2.35. The Morgan fingerprint density at radius 2 is 1.94 bits per heavy atom. The number of ether oxygens (including phenoxy) is 1. The second kappa shape index (κ2) is 5.12. The molecule has 0 amide bonds. The molecule has 1 heterocycles. The van der Waals surface area contributed by atoms with Crippen LogP contribution in [0.4, 0.5) is 0 Å². The quantitative estimate of drug-likeness (QED) is 0.773. The van der Waals surface area contributed by atoms with E-state index in [1.807, 2.05) is 4.57 Å². The van der Waals surface area contributed by atoms with E-state index in [0.717, 1.165) is 6.42 Å². The van der Waals surface area contributed by atoms with Gasteiger partial charge in [-0.3, -0.25) is 0 Å². The van der Waals surface area contributed by atoms with Gasteiger partial charge in [-0.25, -0.2) is 9.78 Å². The molecule has 4 nitrogen and oxygen atoms in total. The lowest BCUT2D eigenvalue weighted by atomic mass is 9.81. The van der Waals surface area contributed by atoms with Gasteiger partial charge in [-0.15, -0.1) is 0 Å². The highest BCUT2D eigenvalue weighted by atomic mass is 16.5. The van der Waals surface area contributed by atoms with Crippen LogP contribution in [0, 0.1) is 5.41 Å². The number of imidazole rings is 1. The van der Waals surface area contributed by atoms with E-state index in [2.05, 4.69) is 39.6 Å². The molecule has 4 heteroatoms. The maximum absolute atomic E-state index is 11.6. The Morgan fingerprint density at radius 1 is 1.33 bits per heavy atom. The van der Waals surface area contributed by atoms with E-state index in [0.29, 0.717) is 12.3 Å². The fraction of sp³-hybridized carbons (Fsp3) is 0.714. The number of hydrogen-bond acceptors (Lipinski definition) is 3. The highest BCUT2D eigenvalue weighted by Gasteiger charge is 2.27. The molecule has 0 spiro atoms. The zero-order valence-corrected chi connectivity index (χ0v) is 12.3. The molecule has 0 saturated heterocycles. The molecule has 0 bridgehead atoms. The van der Waals surface area contributed by atoms with Crippen LogP contribution < -0.4 is 0 Å². The molecule has 1 aromatic heterocycles. The Morgan fingerprint density at radius 3 is 2.44 bits per heavy atom. The Kier molecular flexibility index (Phi) is 4.20. The molecule has 0 radical (unpaired) electrons. The molecule has 0 aliphatic rings. The molecule has 0 unspecified atom stereocenters. The van der Waals surface area contributed by atoms with Crippen LogP contribution in [0.5, 0.6) is 0 Å². The molecule has 102 valence electrons. The van der Waals surface area contributed by atoms with Gasteiger partial charge >= 0.3 is 5.97 Å². The Balaban J connectivity index is 2.87. The molecule has 0 N–H and O–H groups in total. The monoisotopic (exact) mass is 252 g/mol. The lowest BCUT2D eigenvalue weighted by Crippen LogP contribution is -2.30. The average molecular weight is 252 g/mol. The van der Waals surface area contributed by atoms with E-state index in [-0.39, 0.29) is 16.9 Å². The summed E-state index contributed by atoms with van der Waals surface area (Å²) < 4.78 is 6.93. The van der Waals surface area contributed by atoms with E-state index >= 15 is 0 Å². The smallest absolute Gasteiger partial charge is 0.358 e. The summed E-state index contributed by atoms with van der Waals surface area (Å²) in [7, 11) is 0. The summed E-state index contributed by atoms with van der Waals surface area (Å²) in [4.78, 5) is 15.7. The van der Waals surface area contributed by atoms with Gasteiger partial charge in [0.25, 0.3) is 0 Å². The predicted molar refractivity (Wildman–Crippen MR) is 71.6 cm³/mol. The summed E-state index contributed by atoms with van der Waals surface area (Å²) in [5.41, 5.74) is 0.521. The molecular formula is C14H24N2O2. The first-order valence-electron chi connectivity index (χ1n) is 6.37. The lowest BCUT2D eigenvalue weighted by Gasteiger charge is -2.33. The van der Waals surface area contributed by atoms with E-state index in [1.165, 1.54) is 0 Å². The maximum atomic E-state index is 11.6. The van der Waals surface area contributed by atoms with E-state index in [4.69, 9.17) is 4.74 Å². The molecular weight excluding hydrogens is 228 g/mol. The number of rotatable bonds is 4. The summed E-state index contributed by atoms with van der Waals surface area (Å²) in [6.07, 6.45) is 4.47. The average Bonchev–Trinajstić information content (AvgIpc) is 2.63. The van der Waals surface area contributed by atoms with Crippen molar-refractivity contribution in [3.8, 4) is 0 Å². The maximum Gasteiger partial charge on any atom is 0.358 e. The van der Waals surface area contributed by atoms with Crippen LogP contribution in [0.1, 0.15) is 58.5 Å².